The molecule has 0 bridgehead atoms. The van der Waals surface area contributed by atoms with Crippen molar-refractivity contribution in [3.8, 4) is 6.19 Å². The number of hydrogen-bond donors (Lipinski definition) is 1. The molecular weight excluding hydrogens is 136 g/mol. The van der Waals surface area contributed by atoms with Crippen molar-refractivity contribution in [2.45, 2.75) is 0 Å². The van der Waals surface area contributed by atoms with Crippen LogP contribution >= 0.6 is 0 Å². The Bertz CT molecular complexity index is 70.2. The van der Waals surface area contributed by atoms with Crippen molar-refractivity contribution >= 4 is 44.2 Å². The quantitative estimate of drug-likeness (QED) is 0.206. The first-order valence-corrected chi connectivity index (χ1v) is 1.39. The molecule has 0 fully saturated rings. The molecule has 0 atom stereocenters. The van der Waals surface area contributed by atoms with E-state index in [1.54, 1.807) is 0 Å². The second-order valence-electron chi connectivity index (χ2n) is 0.461. The minimum atomic E-state index is 0. The molecule has 0 rings (SSSR count). The molecule has 0 spiro atoms. The van der Waals surface area contributed by atoms with Gasteiger partial charge in [-0.05, 0) is 0 Å². The van der Waals surface area contributed by atoms with Crippen molar-refractivity contribution in [3.05, 3.63) is 0 Å². The number of hydrogen-bond acceptors (Lipinski definition) is 4. The van der Waals surface area contributed by atoms with E-state index in [0.29, 0.717) is 6.47 Å². The van der Waals surface area contributed by atoms with Gasteiger partial charge >= 0.3 is 37.7 Å². The first-order chi connectivity index (χ1) is 3.33. The molecule has 5 heteroatoms. The number of carbonyl (C=O) groups excluding carboxylic acids is 1. The molecule has 0 radical (unpaired) electrons. The summed E-state index contributed by atoms with van der Waals surface area (Å²) in [5, 5.41) is 7.10. The van der Waals surface area contributed by atoms with Crippen LogP contribution in [0.3, 0.4) is 0 Å². The van der Waals surface area contributed by atoms with Crippen LogP contribution in [0.5, 0.6) is 0 Å². The van der Waals surface area contributed by atoms with Crippen molar-refractivity contribution < 1.29 is 9.53 Å². The maximum absolute atomic E-state index is 8.95. The Morgan fingerprint density at radius 1 is 1.88 bits per heavy atom. The maximum atomic E-state index is 8.95. The number of nitriles is 1. The molecule has 4 nitrogen and oxygen atoms in total. The topological polar surface area (TPSA) is 76.1 Å². The van der Waals surface area contributed by atoms with Gasteiger partial charge in [0, 0.05) is 0 Å². The Morgan fingerprint density at radius 2 is 2.00 bits per heavy atom. The number of carbonyl (C=O) groups is 1. The van der Waals surface area contributed by atoms with Gasteiger partial charge < -0.3 is 10.5 Å². The van der Waals surface area contributed by atoms with Crippen LogP contribution in [0.25, 0.3) is 0 Å². The summed E-state index contributed by atoms with van der Waals surface area (Å²) >= 11 is 0. The SMILES string of the molecule is COC=O.N#CN.[CaH2]. The van der Waals surface area contributed by atoms with Crippen LogP contribution in [0, 0.1) is 11.5 Å². The van der Waals surface area contributed by atoms with E-state index < -0.39 is 0 Å². The summed E-state index contributed by atoms with van der Waals surface area (Å²) in [7, 11) is 1.31. The zero-order valence-electron chi connectivity index (χ0n) is 3.92. The summed E-state index contributed by atoms with van der Waals surface area (Å²) in [5.41, 5.74) is 4.15. The summed E-state index contributed by atoms with van der Waals surface area (Å²) in [6, 6.07) is 0. The van der Waals surface area contributed by atoms with Gasteiger partial charge in [-0.15, -0.1) is 0 Å². The van der Waals surface area contributed by atoms with E-state index >= 15 is 0 Å². The number of rotatable bonds is 1. The van der Waals surface area contributed by atoms with Gasteiger partial charge in [0.15, 0.2) is 6.19 Å². The molecule has 0 aromatic rings. The van der Waals surface area contributed by atoms with Crippen LogP contribution in [-0.2, 0) is 9.53 Å². The van der Waals surface area contributed by atoms with Gasteiger partial charge in [0.1, 0.15) is 0 Å². The third kappa shape index (κ3) is 146. The van der Waals surface area contributed by atoms with Gasteiger partial charge in [-0.3, -0.25) is 4.79 Å². The van der Waals surface area contributed by atoms with Crippen molar-refractivity contribution in [2.75, 3.05) is 7.11 Å². The van der Waals surface area contributed by atoms with Crippen LogP contribution in [-0.4, -0.2) is 51.3 Å². The van der Waals surface area contributed by atoms with Crippen molar-refractivity contribution in [3.63, 3.8) is 0 Å². The zero-order valence-corrected chi connectivity index (χ0v) is 3.92. The molecule has 8 heavy (non-hydrogen) atoms. The average Bonchev–Trinajstić information content (AvgIpc) is 1.69. The first-order valence-electron chi connectivity index (χ1n) is 1.39. The van der Waals surface area contributed by atoms with Crippen LogP contribution in [0.4, 0.5) is 0 Å². The molecule has 0 saturated heterocycles. The molecule has 2 N–H and O–H groups in total. The summed E-state index contributed by atoms with van der Waals surface area (Å²) in [6.07, 6.45) is 1.25. The third-order valence-electron chi connectivity index (χ3n) is 0.0962. The molecule has 0 aromatic heterocycles. The molecule has 0 saturated carbocycles. The fourth-order valence-electron chi connectivity index (χ4n) is 0. The normalized spacial score (nSPS) is 3.50. The fourth-order valence-corrected chi connectivity index (χ4v) is 0. The average molecular weight is 144 g/mol. The molecule has 0 aliphatic rings. The Labute approximate surface area is 77.6 Å². The molecule has 0 aliphatic heterocycles. The van der Waals surface area contributed by atoms with Gasteiger partial charge in [0.25, 0.3) is 6.47 Å². The van der Waals surface area contributed by atoms with Crippen molar-refractivity contribution in [1.82, 2.24) is 0 Å². The Balaban J connectivity index is -0.0000000575. The van der Waals surface area contributed by atoms with Crippen LogP contribution in [0.1, 0.15) is 0 Å². The molecular formula is C3H8CaN2O2. The summed E-state index contributed by atoms with van der Waals surface area (Å²) in [6.45, 7) is 0.375. The van der Waals surface area contributed by atoms with Gasteiger partial charge in [-0.25, -0.2) is 0 Å². The summed E-state index contributed by atoms with van der Waals surface area (Å²) in [5.74, 6) is 0. The first kappa shape index (κ1) is 15.7. The van der Waals surface area contributed by atoms with Crippen molar-refractivity contribution in [1.29, 1.82) is 5.26 Å². The van der Waals surface area contributed by atoms with E-state index in [4.69, 9.17) is 10.1 Å². The van der Waals surface area contributed by atoms with Gasteiger partial charge in [0.05, 0.1) is 7.11 Å². The number of methoxy groups -OCH3 is 1. The number of ether oxygens (including phenoxy) is 1. The predicted molar refractivity (Wildman–Crippen MR) is 31.4 cm³/mol. The Hall–Kier alpha value is 0.0197. The Kier molecular flexibility index (Phi) is 54.7. The standard InChI is InChI=1S/C2H4O2.CH2N2.Ca.2H/c1-4-2-3;2-1-3;;;/h2H,1H3;2H2;;;. The second-order valence-corrected chi connectivity index (χ2v) is 0.461. The minimum absolute atomic E-state index is 0. The molecule has 0 aromatic carbocycles. The third-order valence-corrected chi connectivity index (χ3v) is 0.0962. The molecule has 0 amide bonds. The van der Waals surface area contributed by atoms with Crippen molar-refractivity contribution in [2.24, 2.45) is 5.73 Å². The van der Waals surface area contributed by atoms with Gasteiger partial charge in [0.2, 0.25) is 0 Å². The van der Waals surface area contributed by atoms with Crippen LogP contribution in [0.15, 0.2) is 0 Å². The van der Waals surface area contributed by atoms with Crippen LogP contribution in [0.2, 0.25) is 0 Å². The molecule has 0 heterocycles. The second kappa shape index (κ2) is 27.9. The summed E-state index contributed by atoms with van der Waals surface area (Å²) < 4.78 is 3.86. The monoisotopic (exact) mass is 144 g/mol. The van der Waals surface area contributed by atoms with Crippen LogP contribution < -0.4 is 5.73 Å². The van der Waals surface area contributed by atoms with E-state index in [2.05, 4.69) is 10.5 Å². The Morgan fingerprint density at radius 3 is 2.00 bits per heavy atom. The van der Waals surface area contributed by atoms with Gasteiger partial charge in [-0.1, -0.05) is 0 Å². The van der Waals surface area contributed by atoms with E-state index in [-0.39, 0.29) is 37.7 Å². The van der Waals surface area contributed by atoms with E-state index in [0.717, 1.165) is 0 Å². The van der Waals surface area contributed by atoms with E-state index in [9.17, 15) is 0 Å². The molecule has 44 valence electrons. The van der Waals surface area contributed by atoms with E-state index in [1.807, 2.05) is 0 Å². The number of nitrogens with zero attached hydrogens (tertiary/aromatic N) is 1. The molecule has 0 unspecified atom stereocenters. The predicted octanol–water partition coefficient (Wildman–Crippen LogP) is -1.70. The summed E-state index contributed by atoms with van der Waals surface area (Å²) in [4.78, 5) is 8.95. The van der Waals surface area contributed by atoms with E-state index in [1.165, 1.54) is 13.3 Å². The fraction of sp³-hybridized carbons (Fsp3) is 0.333. The molecule has 0 aliphatic carbocycles. The zero-order chi connectivity index (χ0) is 6.12. The number of nitrogens with two attached hydrogens (primary N) is 1. The van der Waals surface area contributed by atoms with Gasteiger partial charge in [-0.2, -0.15) is 5.26 Å².